The molecule has 76 valence electrons. The summed E-state index contributed by atoms with van der Waals surface area (Å²) < 4.78 is 5.01. The van der Waals surface area contributed by atoms with Crippen molar-refractivity contribution >= 4 is 5.78 Å². The van der Waals surface area contributed by atoms with Crippen LogP contribution in [0.4, 0.5) is 0 Å². The molecule has 0 N–H and O–H groups in total. The van der Waals surface area contributed by atoms with Crippen LogP contribution in [0, 0.1) is 5.41 Å². The lowest BCUT2D eigenvalue weighted by Gasteiger charge is -2.36. The molecule has 1 aliphatic rings. The lowest BCUT2D eigenvalue weighted by molar-refractivity contribution is -0.131. The van der Waals surface area contributed by atoms with Crippen molar-refractivity contribution in [1.82, 2.24) is 4.90 Å². The number of rotatable bonds is 3. The number of hydrogen-bond acceptors (Lipinski definition) is 3. The van der Waals surface area contributed by atoms with Gasteiger partial charge in [0.2, 0.25) is 0 Å². The SMILES string of the molecule is COCCN1CCC(=O)C(C)(C)C1. The van der Waals surface area contributed by atoms with Crippen LogP contribution in [0.1, 0.15) is 20.3 Å². The van der Waals surface area contributed by atoms with Crippen LogP contribution < -0.4 is 0 Å². The van der Waals surface area contributed by atoms with Gasteiger partial charge in [0, 0.05) is 38.6 Å². The molecule has 1 rings (SSSR count). The van der Waals surface area contributed by atoms with E-state index in [4.69, 9.17) is 4.74 Å². The molecule has 0 radical (unpaired) electrons. The summed E-state index contributed by atoms with van der Waals surface area (Å²) in [5, 5.41) is 0. The minimum atomic E-state index is -0.161. The number of hydrogen-bond donors (Lipinski definition) is 0. The van der Waals surface area contributed by atoms with E-state index in [0.29, 0.717) is 12.2 Å². The highest BCUT2D eigenvalue weighted by molar-refractivity contribution is 5.85. The van der Waals surface area contributed by atoms with Crippen LogP contribution >= 0.6 is 0 Å². The summed E-state index contributed by atoms with van der Waals surface area (Å²) in [6.07, 6.45) is 0.691. The first kappa shape index (κ1) is 10.7. The molecule has 3 heteroatoms. The number of carbonyl (C=O) groups excluding carboxylic acids is 1. The van der Waals surface area contributed by atoms with E-state index in [1.54, 1.807) is 7.11 Å². The molecule has 13 heavy (non-hydrogen) atoms. The predicted molar refractivity (Wildman–Crippen MR) is 51.7 cm³/mol. The van der Waals surface area contributed by atoms with Crippen molar-refractivity contribution in [2.75, 3.05) is 33.4 Å². The van der Waals surface area contributed by atoms with E-state index in [-0.39, 0.29) is 5.41 Å². The first-order chi connectivity index (χ1) is 6.06. The molecule has 1 saturated heterocycles. The van der Waals surface area contributed by atoms with E-state index in [1.807, 2.05) is 13.8 Å². The minimum Gasteiger partial charge on any atom is -0.383 e. The largest absolute Gasteiger partial charge is 0.383 e. The highest BCUT2D eigenvalue weighted by atomic mass is 16.5. The topological polar surface area (TPSA) is 29.5 Å². The summed E-state index contributed by atoms with van der Waals surface area (Å²) in [6, 6.07) is 0. The molecule has 0 saturated carbocycles. The number of Topliss-reactive ketones (excluding diaryl/α,β-unsaturated/α-hetero) is 1. The first-order valence-corrected chi connectivity index (χ1v) is 4.81. The Labute approximate surface area is 80.1 Å². The third kappa shape index (κ3) is 2.78. The van der Waals surface area contributed by atoms with Gasteiger partial charge in [0.25, 0.3) is 0 Å². The van der Waals surface area contributed by atoms with Crippen molar-refractivity contribution in [2.45, 2.75) is 20.3 Å². The molecular formula is C10H19NO2. The summed E-state index contributed by atoms with van der Waals surface area (Å²) in [5.41, 5.74) is -0.161. The van der Waals surface area contributed by atoms with Gasteiger partial charge in [-0.25, -0.2) is 0 Å². The van der Waals surface area contributed by atoms with Crippen molar-refractivity contribution in [3.8, 4) is 0 Å². The molecule has 1 aliphatic heterocycles. The van der Waals surface area contributed by atoms with Gasteiger partial charge in [-0.05, 0) is 0 Å². The molecule has 0 amide bonds. The van der Waals surface area contributed by atoms with Crippen molar-refractivity contribution in [3.63, 3.8) is 0 Å². The van der Waals surface area contributed by atoms with Gasteiger partial charge in [-0.1, -0.05) is 13.8 Å². The third-order valence-electron chi connectivity index (χ3n) is 2.64. The molecule has 1 heterocycles. The smallest absolute Gasteiger partial charge is 0.141 e. The van der Waals surface area contributed by atoms with E-state index < -0.39 is 0 Å². The minimum absolute atomic E-state index is 0.161. The second-order valence-electron chi connectivity index (χ2n) is 4.33. The monoisotopic (exact) mass is 185 g/mol. The van der Waals surface area contributed by atoms with Gasteiger partial charge in [-0.2, -0.15) is 0 Å². The molecule has 0 spiro atoms. The van der Waals surface area contributed by atoms with Gasteiger partial charge in [0.15, 0.2) is 0 Å². The van der Waals surface area contributed by atoms with Crippen LogP contribution in [0.25, 0.3) is 0 Å². The summed E-state index contributed by atoms with van der Waals surface area (Å²) in [4.78, 5) is 13.8. The molecule has 0 atom stereocenters. The molecule has 0 aromatic rings. The van der Waals surface area contributed by atoms with Gasteiger partial charge in [-0.3, -0.25) is 9.69 Å². The summed E-state index contributed by atoms with van der Waals surface area (Å²) >= 11 is 0. The van der Waals surface area contributed by atoms with Gasteiger partial charge >= 0.3 is 0 Å². The van der Waals surface area contributed by atoms with Crippen LogP contribution in [-0.4, -0.2) is 44.0 Å². The average Bonchev–Trinajstić information content (AvgIpc) is 2.07. The number of likely N-dealkylation sites (tertiary alicyclic amines) is 1. The quantitative estimate of drug-likeness (QED) is 0.655. The standard InChI is InChI=1S/C10H19NO2/c1-10(2)8-11(6-7-13-3)5-4-9(10)12/h4-8H2,1-3H3. The van der Waals surface area contributed by atoms with Crippen LogP contribution in [-0.2, 0) is 9.53 Å². The Morgan fingerprint density at radius 2 is 2.23 bits per heavy atom. The van der Waals surface area contributed by atoms with Crippen LogP contribution in [0.3, 0.4) is 0 Å². The number of carbonyl (C=O) groups is 1. The fourth-order valence-electron chi connectivity index (χ4n) is 1.74. The lowest BCUT2D eigenvalue weighted by atomic mass is 9.83. The Bertz CT molecular complexity index is 189. The van der Waals surface area contributed by atoms with Gasteiger partial charge in [0.05, 0.1) is 6.61 Å². The van der Waals surface area contributed by atoms with E-state index in [2.05, 4.69) is 4.90 Å². The van der Waals surface area contributed by atoms with Gasteiger partial charge in [-0.15, -0.1) is 0 Å². The fourth-order valence-corrected chi connectivity index (χ4v) is 1.74. The van der Waals surface area contributed by atoms with Crippen LogP contribution in [0.2, 0.25) is 0 Å². The van der Waals surface area contributed by atoms with Crippen LogP contribution in [0.5, 0.6) is 0 Å². The Balaban J connectivity index is 2.41. The molecule has 0 bridgehead atoms. The zero-order chi connectivity index (χ0) is 9.90. The van der Waals surface area contributed by atoms with Crippen molar-refractivity contribution in [2.24, 2.45) is 5.41 Å². The molecule has 0 unspecified atom stereocenters. The first-order valence-electron chi connectivity index (χ1n) is 4.81. The van der Waals surface area contributed by atoms with Crippen molar-refractivity contribution < 1.29 is 9.53 Å². The Morgan fingerprint density at radius 3 is 2.77 bits per heavy atom. The maximum absolute atomic E-state index is 11.5. The maximum Gasteiger partial charge on any atom is 0.141 e. The predicted octanol–water partition coefficient (Wildman–Crippen LogP) is 0.934. The number of nitrogens with zero attached hydrogens (tertiary/aromatic N) is 1. The van der Waals surface area contributed by atoms with Crippen molar-refractivity contribution in [1.29, 1.82) is 0 Å². The van der Waals surface area contributed by atoms with Crippen LogP contribution in [0.15, 0.2) is 0 Å². The van der Waals surface area contributed by atoms with Crippen molar-refractivity contribution in [3.05, 3.63) is 0 Å². The molecule has 0 aromatic heterocycles. The summed E-state index contributed by atoms with van der Waals surface area (Å²) in [7, 11) is 1.71. The molecule has 0 aliphatic carbocycles. The Kier molecular flexibility index (Phi) is 3.45. The number of methoxy groups -OCH3 is 1. The van der Waals surface area contributed by atoms with E-state index >= 15 is 0 Å². The molecule has 3 nitrogen and oxygen atoms in total. The van der Waals surface area contributed by atoms with E-state index in [9.17, 15) is 4.79 Å². The average molecular weight is 185 g/mol. The zero-order valence-electron chi connectivity index (χ0n) is 8.80. The second-order valence-corrected chi connectivity index (χ2v) is 4.33. The maximum atomic E-state index is 11.5. The Morgan fingerprint density at radius 1 is 1.54 bits per heavy atom. The number of piperidine rings is 1. The number of ketones is 1. The lowest BCUT2D eigenvalue weighted by Crippen LogP contribution is -2.47. The normalized spacial score (nSPS) is 23.5. The second kappa shape index (κ2) is 4.20. The third-order valence-corrected chi connectivity index (χ3v) is 2.64. The molecular weight excluding hydrogens is 166 g/mol. The fraction of sp³-hybridized carbons (Fsp3) is 0.900. The highest BCUT2D eigenvalue weighted by Crippen LogP contribution is 2.24. The summed E-state index contributed by atoms with van der Waals surface area (Å²) in [5.74, 6) is 0.390. The van der Waals surface area contributed by atoms with Gasteiger partial charge in [0.1, 0.15) is 5.78 Å². The van der Waals surface area contributed by atoms with E-state index in [1.165, 1.54) is 0 Å². The van der Waals surface area contributed by atoms with Gasteiger partial charge < -0.3 is 4.74 Å². The zero-order valence-corrected chi connectivity index (χ0v) is 8.80. The number of ether oxygens (including phenoxy) is 1. The molecule has 1 fully saturated rings. The Hall–Kier alpha value is -0.410. The summed E-state index contributed by atoms with van der Waals surface area (Å²) in [6.45, 7) is 7.50. The van der Waals surface area contributed by atoms with E-state index in [0.717, 1.165) is 26.2 Å². The highest BCUT2D eigenvalue weighted by Gasteiger charge is 2.33. The molecule has 0 aromatic carbocycles.